The largest absolute Gasteiger partial charge is 0.456 e. The monoisotopic (exact) mass is 355 g/mol. The minimum atomic E-state index is -0.152. The Hall–Kier alpha value is -3.33. The van der Waals surface area contributed by atoms with E-state index in [4.69, 9.17) is 4.42 Å². The van der Waals surface area contributed by atoms with Crippen LogP contribution in [0.4, 0.5) is 5.69 Å². The van der Waals surface area contributed by atoms with Crippen molar-refractivity contribution in [3.63, 3.8) is 0 Å². The van der Waals surface area contributed by atoms with Crippen LogP contribution in [0.3, 0.4) is 0 Å². The van der Waals surface area contributed by atoms with Crippen molar-refractivity contribution in [3.8, 4) is 11.3 Å². The van der Waals surface area contributed by atoms with Gasteiger partial charge < -0.3 is 9.73 Å². The first kappa shape index (κ1) is 17.1. The Morgan fingerprint density at radius 1 is 0.926 bits per heavy atom. The predicted molar refractivity (Wildman–Crippen MR) is 110 cm³/mol. The number of anilines is 1. The Morgan fingerprint density at radius 2 is 1.63 bits per heavy atom. The number of carbonyl (C=O) groups excluding carboxylic acids is 1. The first-order chi connectivity index (χ1) is 13.2. The number of para-hydroxylation sites is 1. The third-order valence-electron chi connectivity index (χ3n) is 4.79. The fraction of sp³-hybridized carbons (Fsp3) is 0.125. The van der Waals surface area contributed by atoms with Crippen LogP contribution >= 0.6 is 0 Å². The molecule has 0 fully saturated rings. The second-order valence-electron chi connectivity index (χ2n) is 6.59. The number of hydrogen-bond acceptors (Lipinski definition) is 2. The highest BCUT2D eigenvalue weighted by Gasteiger charge is 2.18. The van der Waals surface area contributed by atoms with Crippen LogP contribution < -0.4 is 5.32 Å². The molecule has 27 heavy (non-hydrogen) atoms. The molecule has 1 N–H and O–H groups in total. The van der Waals surface area contributed by atoms with Crippen molar-refractivity contribution < 1.29 is 9.21 Å². The second-order valence-corrected chi connectivity index (χ2v) is 6.59. The number of benzene rings is 3. The molecule has 1 heterocycles. The summed E-state index contributed by atoms with van der Waals surface area (Å²) in [6.07, 6.45) is 0.757. The number of amides is 1. The number of furan rings is 1. The molecule has 0 saturated heterocycles. The van der Waals surface area contributed by atoms with Crippen molar-refractivity contribution in [2.24, 2.45) is 0 Å². The number of carbonyl (C=O) groups is 1. The average Bonchev–Trinajstić information content (AvgIpc) is 3.14. The molecule has 1 aromatic heterocycles. The van der Waals surface area contributed by atoms with E-state index in [1.165, 1.54) is 0 Å². The zero-order valence-electron chi connectivity index (χ0n) is 15.2. The number of rotatable bonds is 5. The molecule has 3 nitrogen and oxygen atoms in total. The zero-order chi connectivity index (χ0) is 18.6. The molecule has 4 aromatic rings. The fourth-order valence-electron chi connectivity index (χ4n) is 3.33. The van der Waals surface area contributed by atoms with Crippen LogP contribution in [0.25, 0.3) is 22.3 Å². The first-order valence-corrected chi connectivity index (χ1v) is 9.19. The molecule has 0 spiro atoms. The smallest absolute Gasteiger partial charge is 0.231 e. The van der Waals surface area contributed by atoms with Gasteiger partial charge in [-0.25, -0.2) is 0 Å². The lowest BCUT2D eigenvalue weighted by Crippen LogP contribution is -2.20. The lowest BCUT2D eigenvalue weighted by molar-refractivity contribution is -0.117. The van der Waals surface area contributed by atoms with Gasteiger partial charge >= 0.3 is 0 Å². The van der Waals surface area contributed by atoms with Gasteiger partial charge in [-0.2, -0.15) is 0 Å². The summed E-state index contributed by atoms with van der Waals surface area (Å²) in [5.41, 5.74) is 3.68. The second kappa shape index (κ2) is 7.50. The van der Waals surface area contributed by atoms with Crippen LogP contribution in [0.1, 0.15) is 24.8 Å². The molecule has 1 atom stereocenters. The van der Waals surface area contributed by atoms with Gasteiger partial charge in [0, 0.05) is 16.6 Å². The molecule has 0 saturated carbocycles. The van der Waals surface area contributed by atoms with Crippen molar-refractivity contribution in [1.29, 1.82) is 0 Å². The molecule has 0 bridgehead atoms. The zero-order valence-corrected chi connectivity index (χ0v) is 15.2. The summed E-state index contributed by atoms with van der Waals surface area (Å²) < 4.78 is 5.90. The molecule has 0 unspecified atom stereocenters. The third-order valence-corrected chi connectivity index (χ3v) is 4.79. The summed E-state index contributed by atoms with van der Waals surface area (Å²) >= 11 is 0. The fourth-order valence-corrected chi connectivity index (χ4v) is 3.33. The highest BCUT2D eigenvalue weighted by Crippen LogP contribution is 2.29. The van der Waals surface area contributed by atoms with Gasteiger partial charge in [0.1, 0.15) is 11.3 Å². The van der Waals surface area contributed by atoms with Gasteiger partial charge in [-0.3, -0.25) is 4.79 Å². The number of hydrogen-bond donors (Lipinski definition) is 1. The van der Waals surface area contributed by atoms with Crippen molar-refractivity contribution in [3.05, 3.63) is 90.5 Å². The Balaban J connectivity index is 1.51. The van der Waals surface area contributed by atoms with E-state index in [1.54, 1.807) is 0 Å². The molecular formula is C24H21NO2. The summed E-state index contributed by atoms with van der Waals surface area (Å²) in [4.78, 5) is 12.7. The van der Waals surface area contributed by atoms with E-state index in [0.29, 0.717) is 0 Å². The van der Waals surface area contributed by atoms with E-state index >= 15 is 0 Å². The van der Waals surface area contributed by atoms with Crippen LogP contribution in [0.15, 0.2) is 89.3 Å². The number of fused-ring (bicyclic) bond motifs is 1. The maximum absolute atomic E-state index is 12.7. The summed E-state index contributed by atoms with van der Waals surface area (Å²) in [7, 11) is 0. The van der Waals surface area contributed by atoms with E-state index in [1.807, 2.05) is 91.9 Å². The summed E-state index contributed by atoms with van der Waals surface area (Å²) in [6, 6.07) is 27.6. The standard InChI is InChI=1S/C24H21NO2/c1-2-21(17-8-4-3-5-9-17)24(26)25-20-14-12-18(13-15-20)23-16-19-10-6-7-11-22(19)27-23/h3-16,21H,2H2,1H3,(H,25,26)/t21-/m0/s1. The average molecular weight is 355 g/mol. The van der Waals surface area contributed by atoms with Crippen molar-refractivity contribution in [2.45, 2.75) is 19.3 Å². The van der Waals surface area contributed by atoms with Crippen LogP contribution in [-0.2, 0) is 4.79 Å². The van der Waals surface area contributed by atoms with Gasteiger partial charge in [-0.1, -0.05) is 55.5 Å². The topological polar surface area (TPSA) is 42.2 Å². The Bertz CT molecular complexity index is 1020. The Kier molecular flexibility index (Phi) is 4.75. The first-order valence-electron chi connectivity index (χ1n) is 9.19. The van der Waals surface area contributed by atoms with Crippen LogP contribution in [-0.4, -0.2) is 5.91 Å². The Morgan fingerprint density at radius 3 is 2.33 bits per heavy atom. The van der Waals surface area contributed by atoms with Gasteiger partial charge in [0.25, 0.3) is 0 Å². The van der Waals surface area contributed by atoms with Crippen LogP contribution in [0.5, 0.6) is 0 Å². The molecule has 0 aliphatic carbocycles. The number of nitrogens with one attached hydrogen (secondary N) is 1. The van der Waals surface area contributed by atoms with E-state index in [-0.39, 0.29) is 11.8 Å². The molecule has 0 aliphatic rings. The highest BCUT2D eigenvalue weighted by atomic mass is 16.3. The molecule has 1 amide bonds. The minimum absolute atomic E-state index is 0.0141. The van der Waals surface area contributed by atoms with E-state index in [0.717, 1.165) is 40.0 Å². The maximum atomic E-state index is 12.7. The van der Waals surface area contributed by atoms with Gasteiger partial charge in [0.2, 0.25) is 5.91 Å². The van der Waals surface area contributed by atoms with Crippen LogP contribution in [0.2, 0.25) is 0 Å². The molecule has 0 aliphatic heterocycles. The molecule has 134 valence electrons. The van der Waals surface area contributed by atoms with Crippen molar-refractivity contribution >= 4 is 22.6 Å². The minimum Gasteiger partial charge on any atom is -0.456 e. The molecule has 3 heteroatoms. The predicted octanol–water partition coefficient (Wildman–Crippen LogP) is 6.23. The summed E-state index contributed by atoms with van der Waals surface area (Å²) in [5, 5.41) is 4.11. The van der Waals surface area contributed by atoms with Gasteiger partial charge in [-0.05, 0) is 48.4 Å². The van der Waals surface area contributed by atoms with Crippen molar-refractivity contribution in [2.75, 3.05) is 5.32 Å². The molecule has 3 aromatic carbocycles. The SMILES string of the molecule is CC[C@H](C(=O)Nc1ccc(-c2cc3ccccc3o2)cc1)c1ccccc1. The molecule has 0 radical (unpaired) electrons. The van der Waals surface area contributed by atoms with Crippen LogP contribution in [0, 0.1) is 0 Å². The summed E-state index contributed by atoms with van der Waals surface area (Å²) in [6.45, 7) is 2.03. The lowest BCUT2D eigenvalue weighted by atomic mass is 9.95. The maximum Gasteiger partial charge on any atom is 0.231 e. The van der Waals surface area contributed by atoms with Gasteiger partial charge in [-0.15, -0.1) is 0 Å². The summed E-state index contributed by atoms with van der Waals surface area (Å²) in [5.74, 6) is 0.686. The Labute approximate surface area is 158 Å². The molecular weight excluding hydrogens is 334 g/mol. The quantitative estimate of drug-likeness (QED) is 0.461. The molecule has 4 rings (SSSR count). The van der Waals surface area contributed by atoms with Gasteiger partial charge in [0.15, 0.2) is 0 Å². The van der Waals surface area contributed by atoms with Crippen molar-refractivity contribution in [1.82, 2.24) is 0 Å². The third kappa shape index (κ3) is 3.63. The lowest BCUT2D eigenvalue weighted by Gasteiger charge is -2.15. The van der Waals surface area contributed by atoms with E-state index < -0.39 is 0 Å². The van der Waals surface area contributed by atoms with E-state index in [9.17, 15) is 4.79 Å². The normalized spacial score (nSPS) is 12.0. The van der Waals surface area contributed by atoms with Gasteiger partial charge in [0.05, 0.1) is 5.92 Å². The highest BCUT2D eigenvalue weighted by molar-refractivity contribution is 5.96. The van der Waals surface area contributed by atoms with E-state index in [2.05, 4.69) is 5.32 Å².